The van der Waals surface area contributed by atoms with Crippen LogP contribution in [0.2, 0.25) is 0 Å². The summed E-state index contributed by atoms with van der Waals surface area (Å²) in [4.78, 5) is 258. The number of primary amides is 1. The van der Waals surface area contributed by atoms with Crippen molar-refractivity contribution in [1.82, 2.24) is 77.3 Å². The molecule has 2 heterocycles. The normalized spacial score (nSPS) is 22.1. The standard InChI is InChI=1S/C96H122N16O21S/c1-11-12-32-76-94(131)108(6)53-80(116)100-71(50-83(120)121)89(126)107-84(57(4)5)96(133)111(9)77(47-59-26-18-14-19-27-59)91(128)105-73(46-62-35-39-65(114)40-36-62)93(130)109(7)75(41-42-82(118)119)90(127)104-70(49-63-51-98-67-31-23-22-30-66(63)67)88(125)103-69(44-61-33-37-64(113)38-34-61)87(124)102-68(43-56(2)3)86(123)106-74(85(122)99-52-79(97)115)54-134-55-81(117)101-72(45-58-24-16-13-17-25-58)92(129)112(10)78(95(132)110(76)8)48-60-28-20-15-21-29-60/h13-31,33-40,51,56-57,68-78,84,98,113-114H,11-12,32,41-50,52-55H2,1-10H3,(H2,97,115)(H,99,122)(H,100,116)(H,101,117)(H,102,124)(H,103,125)(H,104,127)(H,105,128)(H,106,123)(H,107,126)(H,118,119)(H,120,121)/t68-,69-,70-,71-,72-,73-,74-,75-,76-,77-,78-,84-/m0/s1. The Morgan fingerprint density at radius 1 is 0.448 bits per heavy atom. The van der Waals surface area contributed by atoms with Gasteiger partial charge >= 0.3 is 11.9 Å². The van der Waals surface area contributed by atoms with E-state index < -0.39 is 235 Å². The number of phenolic OH excluding ortho intramolecular Hbond substituents is 2. The summed E-state index contributed by atoms with van der Waals surface area (Å²) in [7, 11) is 6.36. The maximum Gasteiger partial charge on any atom is 0.305 e. The quantitative estimate of drug-likeness (QED) is 0.0370. The number of hydrogen-bond donors (Lipinski definition) is 15. The molecule has 718 valence electrons. The zero-order chi connectivity index (χ0) is 98.2. The number of H-pyrrole nitrogens is 1. The Kier molecular flexibility index (Phi) is 40.0. The fourth-order valence-corrected chi connectivity index (χ4v) is 16.4. The number of hydrogen-bond acceptors (Lipinski definition) is 20. The summed E-state index contributed by atoms with van der Waals surface area (Å²) >= 11 is 0.807. The monoisotopic (exact) mass is 1870 g/mol. The molecule has 0 bridgehead atoms. The Hall–Kier alpha value is -14.2. The van der Waals surface area contributed by atoms with Crippen LogP contribution in [0, 0.1) is 11.8 Å². The summed E-state index contributed by atoms with van der Waals surface area (Å²) in [6, 6.07) is 23.9. The summed E-state index contributed by atoms with van der Waals surface area (Å²) < 4.78 is 0. The second kappa shape index (κ2) is 51.0. The molecule has 1 fully saturated rings. The first-order valence-corrected chi connectivity index (χ1v) is 45.4. The van der Waals surface area contributed by atoms with Gasteiger partial charge in [-0.05, 0) is 94.8 Å². The molecule has 0 unspecified atom stereocenters. The molecule has 15 amide bonds. The number of carbonyl (C=O) groups is 17. The zero-order valence-corrected chi connectivity index (χ0v) is 77.5. The SMILES string of the molecule is CCCC[C@H]1C(=O)N(C)CC(=O)N[C@@H](CC(=O)O)C(=O)N[C@@H](C(C)C)C(=O)N(C)[C@@H](Cc2ccccc2)C(=O)N[C@@H](Cc2ccc(O)cc2)C(=O)N(C)[C@@H](CCC(=O)O)C(=O)N[C@@H](Cc2c[nH]c3ccccc23)C(=O)N[C@@H](Cc2ccc(O)cc2)C(=O)N[C@@H](CC(C)C)C(=O)N[C@H](C(=O)NCC(N)=O)CSCC(=O)N[C@@H](Cc2ccccc2)C(=O)N(C)[C@@H](Cc2ccccc2)C(=O)N1C. The minimum absolute atomic E-state index is 0.0126. The van der Waals surface area contributed by atoms with Crippen LogP contribution in [-0.2, 0) is 120 Å². The first kappa shape index (κ1) is 105. The number of unbranched alkanes of at least 4 members (excludes halogenated alkanes) is 1. The summed E-state index contributed by atoms with van der Waals surface area (Å²) in [6.07, 6.45) is -1.92. The summed E-state index contributed by atoms with van der Waals surface area (Å²) in [5.41, 5.74) is 8.76. The van der Waals surface area contributed by atoms with Crippen molar-refractivity contribution in [1.29, 1.82) is 0 Å². The van der Waals surface area contributed by atoms with Crippen LogP contribution in [0.1, 0.15) is 113 Å². The minimum atomic E-state index is -1.94. The molecule has 1 saturated heterocycles. The van der Waals surface area contributed by atoms with Crippen LogP contribution in [0.4, 0.5) is 0 Å². The summed E-state index contributed by atoms with van der Waals surface area (Å²) in [6.45, 7) is 6.80. The van der Waals surface area contributed by atoms with Crippen molar-refractivity contribution in [3.05, 3.63) is 203 Å². The van der Waals surface area contributed by atoms with Crippen LogP contribution in [0.15, 0.2) is 170 Å². The third-order valence-electron chi connectivity index (χ3n) is 23.0. The molecule has 16 N–H and O–H groups in total. The number of rotatable bonds is 26. The van der Waals surface area contributed by atoms with Gasteiger partial charge in [-0.1, -0.05) is 181 Å². The number of para-hydroxylation sites is 1. The van der Waals surface area contributed by atoms with E-state index >= 15 is 47.9 Å². The number of aromatic amines is 1. The van der Waals surface area contributed by atoms with Gasteiger partial charge in [-0.15, -0.1) is 11.8 Å². The molecular weight excluding hydrogens is 1750 g/mol. The van der Waals surface area contributed by atoms with E-state index in [1.165, 1.54) is 90.6 Å². The molecule has 0 radical (unpaired) electrons. The molecule has 38 heteroatoms. The van der Waals surface area contributed by atoms with Gasteiger partial charge in [-0.25, -0.2) is 0 Å². The van der Waals surface area contributed by atoms with E-state index in [4.69, 9.17) is 5.73 Å². The van der Waals surface area contributed by atoms with Crippen LogP contribution >= 0.6 is 11.8 Å². The lowest BCUT2D eigenvalue weighted by Gasteiger charge is -2.37. The first-order chi connectivity index (χ1) is 63.7. The number of carboxylic acids is 2. The van der Waals surface area contributed by atoms with Crippen molar-refractivity contribution in [2.24, 2.45) is 17.6 Å². The zero-order valence-electron chi connectivity index (χ0n) is 76.7. The summed E-state index contributed by atoms with van der Waals surface area (Å²) in [5, 5.41) is 65.9. The maximum atomic E-state index is 15.8. The number of aromatic hydroxyl groups is 2. The van der Waals surface area contributed by atoms with E-state index in [0.29, 0.717) is 57.1 Å². The molecule has 0 saturated carbocycles. The predicted molar refractivity (Wildman–Crippen MR) is 498 cm³/mol. The first-order valence-electron chi connectivity index (χ1n) is 44.2. The van der Waals surface area contributed by atoms with Gasteiger partial charge in [-0.2, -0.15) is 0 Å². The molecule has 6 aromatic carbocycles. The molecular formula is C96H122N16O21S. The highest BCUT2D eigenvalue weighted by atomic mass is 32.2. The van der Waals surface area contributed by atoms with E-state index in [2.05, 4.69) is 52.8 Å². The molecule has 1 aliphatic rings. The molecule has 37 nitrogen and oxygen atoms in total. The topological polar surface area (TPSA) is 537 Å². The number of aromatic nitrogens is 1. The molecule has 0 aliphatic carbocycles. The van der Waals surface area contributed by atoms with Crippen LogP contribution in [0.5, 0.6) is 11.5 Å². The van der Waals surface area contributed by atoms with Crippen molar-refractivity contribution in [3.63, 3.8) is 0 Å². The smallest absolute Gasteiger partial charge is 0.305 e. The van der Waals surface area contributed by atoms with Crippen molar-refractivity contribution >= 4 is 123 Å². The number of likely N-dealkylation sites (N-methyl/N-ethyl adjacent to an activating group) is 5. The Balaban J connectivity index is 1.25. The Morgan fingerprint density at radius 3 is 1.43 bits per heavy atom. The second-order valence-electron chi connectivity index (χ2n) is 34.2. The number of nitrogens with zero attached hydrogens (tertiary/aromatic N) is 5. The number of benzene rings is 6. The van der Waals surface area contributed by atoms with Crippen molar-refractivity contribution in [3.8, 4) is 11.5 Å². The number of thioether (sulfide) groups is 1. The molecule has 7 aromatic rings. The van der Waals surface area contributed by atoms with Crippen LogP contribution in [0.25, 0.3) is 10.9 Å². The third-order valence-corrected chi connectivity index (χ3v) is 24.1. The number of nitrogens with two attached hydrogens (primary N) is 1. The van der Waals surface area contributed by atoms with Crippen LogP contribution in [0.3, 0.4) is 0 Å². The average molecular weight is 1870 g/mol. The van der Waals surface area contributed by atoms with Gasteiger partial charge < -0.3 is 103 Å². The van der Waals surface area contributed by atoms with Gasteiger partial charge in [0.2, 0.25) is 88.6 Å². The fraction of sp³-hybridized carbons (Fsp3) is 0.427. The van der Waals surface area contributed by atoms with Crippen LogP contribution < -0.4 is 53.6 Å². The van der Waals surface area contributed by atoms with Gasteiger partial charge in [0, 0.05) is 103 Å². The Morgan fingerprint density at radius 2 is 0.896 bits per heavy atom. The predicted octanol–water partition coefficient (Wildman–Crippen LogP) is 2.56. The number of carbonyl (C=O) groups excluding carboxylic acids is 15. The number of aliphatic carboxylic acids is 2. The average Bonchev–Trinajstić information content (AvgIpc) is 1.69. The number of carboxylic acid groups (broad SMARTS) is 2. The molecule has 134 heavy (non-hydrogen) atoms. The second-order valence-corrected chi connectivity index (χ2v) is 35.2. The lowest BCUT2D eigenvalue weighted by atomic mass is 9.98. The highest BCUT2D eigenvalue weighted by Gasteiger charge is 2.43. The lowest BCUT2D eigenvalue weighted by Crippen LogP contribution is -2.62. The molecule has 8 rings (SSSR count). The maximum absolute atomic E-state index is 15.8. The summed E-state index contributed by atoms with van der Waals surface area (Å²) in [5.74, 6) is -20.0. The van der Waals surface area contributed by atoms with E-state index in [0.717, 1.165) is 43.3 Å². The van der Waals surface area contributed by atoms with Gasteiger partial charge in [-0.3, -0.25) is 81.5 Å². The molecule has 12 atom stereocenters. The van der Waals surface area contributed by atoms with Gasteiger partial charge in [0.15, 0.2) is 0 Å². The minimum Gasteiger partial charge on any atom is -0.508 e. The number of nitrogens with one attached hydrogen (secondary N) is 10. The van der Waals surface area contributed by atoms with Gasteiger partial charge in [0.1, 0.15) is 84.0 Å². The largest absolute Gasteiger partial charge is 0.508 e. The number of fused-ring (bicyclic) bond motifs is 1. The van der Waals surface area contributed by atoms with Crippen molar-refractivity contribution in [2.45, 2.75) is 191 Å². The molecule has 0 spiro atoms. The van der Waals surface area contributed by atoms with E-state index in [1.54, 1.807) is 135 Å². The third kappa shape index (κ3) is 31.5. The van der Waals surface area contributed by atoms with E-state index in [9.17, 15) is 54.0 Å². The van der Waals surface area contributed by atoms with Gasteiger partial charge in [0.25, 0.3) is 0 Å². The Labute approximate surface area is 781 Å². The van der Waals surface area contributed by atoms with Crippen LogP contribution in [-0.4, -0.2) is 283 Å². The highest BCUT2D eigenvalue weighted by Crippen LogP contribution is 2.26. The molecule has 1 aromatic heterocycles. The highest BCUT2D eigenvalue weighted by molar-refractivity contribution is 8.00. The number of phenols is 2. The van der Waals surface area contributed by atoms with Crippen molar-refractivity contribution < 1.29 is 102 Å². The number of amides is 15. The Bertz CT molecular complexity index is 5260. The van der Waals surface area contributed by atoms with Crippen molar-refractivity contribution in [2.75, 3.05) is 59.8 Å². The lowest BCUT2D eigenvalue weighted by molar-refractivity contribution is -0.151. The van der Waals surface area contributed by atoms with E-state index in [1.807, 2.05) is 6.92 Å². The van der Waals surface area contributed by atoms with Gasteiger partial charge in [0.05, 0.1) is 25.3 Å². The molecule has 1 aliphatic heterocycles. The van der Waals surface area contributed by atoms with E-state index in [-0.39, 0.29) is 56.4 Å². The fourth-order valence-electron chi connectivity index (χ4n) is 15.6.